The molecule has 1 saturated heterocycles. The number of hydrogen-bond acceptors (Lipinski definition) is 6. The smallest absolute Gasteiger partial charge is 0.220 e. The highest BCUT2D eigenvalue weighted by atomic mass is 32.1. The van der Waals surface area contributed by atoms with Crippen molar-refractivity contribution in [1.29, 1.82) is 0 Å². The maximum atomic E-state index is 12.4. The number of amides is 1. The third kappa shape index (κ3) is 4.60. The molecule has 148 valence electrons. The molecule has 1 aliphatic heterocycles. The Morgan fingerprint density at radius 3 is 2.82 bits per heavy atom. The van der Waals surface area contributed by atoms with E-state index in [1.165, 1.54) is 4.70 Å². The number of thiazole rings is 1. The van der Waals surface area contributed by atoms with Crippen molar-refractivity contribution in [1.82, 2.24) is 15.2 Å². The summed E-state index contributed by atoms with van der Waals surface area (Å²) < 4.78 is 12.5. The van der Waals surface area contributed by atoms with Crippen LogP contribution in [-0.2, 0) is 16.0 Å². The Labute approximate surface area is 168 Å². The summed E-state index contributed by atoms with van der Waals surface area (Å²) in [7, 11) is 0. The van der Waals surface area contributed by atoms with E-state index in [9.17, 15) is 4.79 Å². The number of aryl methyl sites for hydroxylation is 2. The average molecular weight is 400 g/mol. The van der Waals surface area contributed by atoms with E-state index in [-0.39, 0.29) is 11.9 Å². The first-order chi connectivity index (χ1) is 13.7. The van der Waals surface area contributed by atoms with Crippen LogP contribution in [0.5, 0.6) is 0 Å². The van der Waals surface area contributed by atoms with Gasteiger partial charge in [0.05, 0.1) is 34.5 Å². The number of rotatable bonds is 7. The van der Waals surface area contributed by atoms with Gasteiger partial charge in [0, 0.05) is 32.5 Å². The van der Waals surface area contributed by atoms with Crippen molar-refractivity contribution < 1.29 is 13.9 Å². The van der Waals surface area contributed by atoms with Gasteiger partial charge >= 0.3 is 0 Å². The third-order valence-electron chi connectivity index (χ3n) is 4.97. The average Bonchev–Trinajstić information content (AvgIpc) is 3.33. The summed E-state index contributed by atoms with van der Waals surface area (Å²) in [6, 6.07) is 12.1. The molecule has 3 heterocycles. The number of carbonyl (C=O) groups is 1. The lowest BCUT2D eigenvalue weighted by atomic mass is 10.1. The number of furan rings is 1. The van der Waals surface area contributed by atoms with Gasteiger partial charge in [-0.05, 0) is 31.2 Å². The number of carbonyl (C=O) groups excluding carboxylic acids is 1. The van der Waals surface area contributed by atoms with Crippen LogP contribution in [0.1, 0.15) is 29.0 Å². The van der Waals surface area contributed by atoms with Gasteiger partial charge in [-0.3, -0.25) is 9.69 Å². The van der Waals surface area contributed by atoms with E-state index in [1.807, 2.05) is 37.3 Å². The molecule has 0 aliphatic carbocycles. The Hall–Kier alpha value is -2.22. The van der Waals surface area contributed by atoms with Crippen LogP contribution in [0.3, 0.4) is 0 Å². The summed E-state index contributed by atoms with van der Waals surface area (Å²) in [6.07, 6.45) is 1.10. The number of nitrogens with one attached hydrogen (secondary N) is 1. The van der Waals surface area contributed by atoms with Crippen LogP contribution >= 0.6 is 11.3 Å². The first-order valence-electron chi connectivity index (χ1n) is 9.68. The van der Waals surface area contributed by atoms with Crippen LogP contribution in [0.25, 0.3) is 10.2 Å². The highest BCUT2D eigenvalue weighted by Gasteiger charge is 2.25. The zero-order chi connectivity index (χ0) is 19.3. The van der Waals surface area contributed by atoms with Crippen LogP contribution in [-0.4, -0.2) is 48.6 Å². The molecule has 0 bridgehead atoms. The van der Waals surface area contributed by atoms with Gasteiger partial charge in [0.1, 0.15) is 11.5 Å². The van der Waals surface area contributed by atoms with Crippen molar-refractivity contribution in [2.24, 2.45) is 0 Å². The summed E-state index contributed by atoms with van der Waals surface area (Å²) in [5.41, 5.74) is 1.00. The summed E-state index contributed by atoms with van der Waals surface area (Å²) in [6.45, 7) is 5.57. The Kier molecular flexibility index (Phi) is 6.04. The number of ether oxygens (including phenoxy) is 1. The normalized spacial score (nSPS) is 16.3. The molecule has 1 fully saturated rings. The Morgan fingerprint density at radius 1 is 1.25 bits per heavy atom. The Morgan fingerprint density at radius 2 is 2.07 bits per heavy atom. The summed E-state index contributed by atoms with van der Waals surface area (Å²) in [4.78, 5) is 19.4. The van der Waals surface area contributed by atoms with Crippen molar-refractivity contribution in [3.05, 3.63) is 52.9 Å². The lowest BCUT2D eigenvalue weighted by Crippen LogP contribution is -2.43. The van der Waals surface area contributed by atoms with E-state index in [1.54, 1.807) is 11.3 Å². The molecule has 7 heteroatoms. The second-order valence-corrected chi connectivity index (χ2v) is 8.11. The highest BCUT2D eigenvalue weighted by Crippen LogP contribution is 2.24. The molecule has 3 aromatic rings. The van der Waals surface area contributed by atoms with Crippen LogP contribution in [0.4, 0.5) is 0 Å². The molecule has 28 heavy (non-hydrogen) atoms. The number of morpholine rings is 1. The van der Waals surface area contributed by atoms with Crippen LogP contribution in [0, 0.1) is 6.92 Å². The van der Waals surface area contributed by atoms with Gasteiger partial charge in [-0.1, -0.05) is 12.1 Å². The van der Waals surface area contributed by atoms with Crippen molar-refractivity contribution in [2.45, 2.75) is 25.8 Å². The summed E-state index contributed by atoms with van der Waals surface area (Å²) in [5.74, 6) is 1.82. The Balaban J connectivity index is 1.34. The number of benzene rings is 1. The van der Waals surface area contributed by atoms with Gasteiger partial charge in [-0.2, -0.15) is 0 Å². The SMILES string of the molecule is Cc1ccc(C(CNC(=O)CCc2nc3ccccc3s2)N2CCOCC2)o1. The van der Waals surface area contributed by atoms with E-state index in [0.29, 0.717) is 32.6 Å². The third-order valence-corrected chi connectivity index (χ3v) is 6.07. The molecule has 6 nitrogen and oxygen atoms in total. The zero-order valence-electron chi connectivity index (χ0n) is 16.0. The molecule has 0 spiro atoms. The van der Waals surface area contributed by atoms with Crippen molar-refractivity contribution >= 4 is 27.5 Å². The fourth-order valence-electron chi connectivity index (χ4n) is 3.48. The molecule has 1 aliphatic rings. The van der Waals surface area contributed by atoms with Crippen LogP contribution in [0.15, 0.2) is 40.8 Å². The quantitative estimate of drug-likeness (QED) is 0.660. The molecule has 1 aromatic carbocycles. The van der Waals surface area contributed by atoms with Gasteiger partial charge < -0.3 is 14.5 Å². The van der Waals surface area contributed by atoms with E-state index in [4.69, 9.17) is 9.15 Å². The molecular weight excluding hydrogens is 374 g/mol. The Bertz CT molecular complexity index is 897. The molecular formula is C21H25N3O3S. The highest BCUT2D eigenvalue weighted by molar-refractivity contribution is 7.18. The molecule has 1 unspecified atom stereocenters. The predicted molar refractivity (Wildman–Crippen MR) is 110 cm³/mol. The monoisotopic (exact) mass is 399 g/mol. The van der Waals surface area contributed by atoms with Crippen molar-refractivity contribution in [2.75, 3.05) is 32.8 Å². The molecule has 2 aromatic heterocycles. The number of aromatic nitrogens is 1. The second kappa shape index (κ2) is 8.86. The van der Waals surface area contributed by atoms with E-state index < -0.39 is 0 Å². The molecule has 0 saturated carbocycles. The van der Waals surface area contributed by atoms with Gasteiger partial charge in [0.2, 0.25) is 5.91 Å². The summed E-state index contributed by atoms with van der Waals surface area (Å²) >= 11 is 1.66. The predicted octanol–water partition coefficient (Wildman–Crippen LogP) is 3.32. The maximum Gasteiger partial charge on any atom is 0.220 e. The molecule has 1 N–H and O–H groups in total. The van der Waals surface area contributed by atoms with Crippen LogP contribution < -0.4 is 5.32 Å². The van der Waals surface area contributed by atoms with Crippen molar-refractivity contribution in [3.63, 3.8) is 0 Å². The molecule has 0 radical (unpaired) electrons. The first-order valence-corrected chi connectivity index (χ1v) is 10.5. The molecule has 1 atom stereocenters. The van der Waals surface area contributed by atoms with E-state index in [0.717, 1.165) is 35.1 Å². The topological polar surface area (TPSA) is 67.6 Å². The van der Waals surface area contributed by atoms with Gasteiger partial charge in [-0.15, -0.1) is 11.3 Å². The number of nitrogens with zero attached hydrogens (tertiary/aromatic N) is 2. The lowest BCUT2D eigenvalue weighted by Gasteiger charge is -2.33. The van der Waals surface area contributed by atoms with Gasteiger partial charge in [-0.25, -0.2) is 4.98 Å². The van der Waals surface area contributed by atoms with Gasteiger partial charge in [0.25, 0.3) is 0 Å². The molecule has 4 rings (SSSR count). The fourth-order valence-corrected chi connectivity index (χ4v) is 4.44. The first kappa shape index (κ1) is 19.1. The lowest BCUT2D eigenvalue weighted by molar-refractivity contribution is -0.121. The van der Waals surface area contributed by atoms with Crippen molar-refractivity contribution in [3.8, 4) is 0 Å². The number of para-hydroxylation sites is 1. The van der Waals surface area contributed by atoms with Gasteiger partial charge in [0.15, 0.2) is 0 Å². The van der Waals surface area contributed by atoms with Crippen LogP contribution in [0.2, 0.25) is 0 Å². The number of fused-ring (bicyclic) bond motifs is 1. The largest absolute Gasteiger partial charge is 0.465 e. The standard InChI is InChI=1S/C21H25N3O3S/c1-15-6-7-18(27-15)17(24-10-12-26-13-11-24)14-22-20(25)8-9-21-23-16-4-2-3-5-19(16)28-21/h2-7,17H,8-14H2,1H3,(H,22,25). The minimum absolute atomic E-state index is 0.0315. The summed E-state index contributed by atoms with van der Waals surface area (Å²) in [5, 5.41) is 4.09. The molecule has 1 amide bonds. The second-order valence-electron chi connectivity index (χ2n) is 6.99. The zero-order valence-corrected chi connectivity index (χ0v) is 16.8. The minimum Gasteiger partial charge on any atom is -0.465 e. The van der Waals surface area contributed by atoms with E-state index in [2.05, 4.69) is 21.3 Å². The minimum atomic E-state index is 0.0315. The number of hydrogen-bond donors (Lipinski definition) is 1. The van der Waals surface area contributed by atoms with E-state index >= 15 is 0 Å². The fraction of sp³-hybridized carbons (Fsp3) is 0.429. The maximum absolute atomic E-state index is 12.4.